The van der Waals surface area contributed by atoms with Crippen LogP contribution in [0.15, 0.2) is 60.7 Å². The third-order valence-electron chi connectivity index (χ3n) is 2.41. The number of benzene rings is 2. The zero-order valence-electron chi connectivity index (χ0n) is 11.0. The van der Waals surface area contributed by atoms with E-state index in [1.54, 1.807) is 0 Å². The van der Waals surface area contributed by atoms with E-state index in [1.807, 2.05) is 67.6 Å². The number of rotatable bonds is 7. The molecule has 98 valence electrons. The van der Waals surface area contributed by atoms with Gasteiger partial charge in [0, 0.05) is 6.61 Å². The molecule has 0 saturated heterocycles. The molecule has 19 heavy (non-hydrogen) atoms. The minimum absolute atomic E-state index is 0.588. The second kappa shape index (κ2) is 7.49. The Labute approximate surface area is 114 Å². The van der Waals surface area contributed by atoms with Crippen LogP contribution in [0.25, 0.3) is 0 Å². The van der Waals surface area contributed by atoms with Crippen molar-refractivity contribution in [3.05, 3.63) is 60.7 Å². The zero-order chi connectivity index (χ0) is 13.3. The van der Waals surface area contributed by atoms with Crippen LogP contribution in [0.4, 0.5) is 0 Å². The Morgan fingerprint density at radius 3 is 1.68 bits per heavy atom. The van der Waals surface area contributed by atoms with E-state index in [1.165, 1.54) is 0 Å². The molecule has 0 saturated carbocycles. The van der Waals surface area contributed by atoms with E-state index >= 15 is 0 Å². The monoisotopic (exact) mass is 256 g/mol. The van der Waals surface area contributed by atoms with E-state index in [2.05, 4.69) is 0 Å². The molecule has 0 N–H and O–H groups in total. The fraction of sp³-hybridized carbons (Fsp3) is 0.200. The van der Waals surface area contributed by atoms with E-state index < -0.39 is 7.32 Å². The van der Waals surface area contributed by atoms with Crippen LogP contribution in [-0.2, 0) is 4.65 Å². The maximum Gasteiger partial charge on any atom is 0.788 e. The lowest BCUT2D eigenvalue weighted by atomic mass is 10.2. The molecule has 0 aliphatic rings. The highest BCUT2D eigenvalue weighted by Crippen LogP contribution is 2.14. The minimum atomic E-state index is -0.732. The van der Waals surface area contributed by atoms with Crippen molar-refractivity contribution in [2.45, 2.75) is 13.3 Å². The van der Waals surface area contributed by atoms with E-state index in [-0.39, 0.29) is 0 Å². The molecule has 0 amide bonds. The molecule has 0 aromatic heterocycles. The number of para-hydroxylation sites is 2. The van der Waals surface area contributed by atoms with Gasteiger partial charge in [-0.1, -0.05) is 43.3 Å². The Morgan fingerprint density at radius 2 is 1.26 bits per heavy atom. The van der Waals surface area contributed by atoms with Crippen LogP contribution in [0.2, 0.25) is 0 Å². The maximum atomic E-state index is 5.68. The van der Waals surface area contributed by atoms with Crippen LogP contribution in [-0.4, -0.2) is 13.9 Å². The van der Waals surface area contributed by atoms with Crippen LogP contribution >= 0.6 is 0 Å². The highest BCUT2D eigenvalue weighted by Gasteiger charge is 2.26. The van der Waals surface area contributed by atoms with Crippen molar-refractivity contribution in [3.8, 4) is 11.5 Å². The predicted molar refractivity (Wildman–Crippen MR) is 76.1 cm³/mol. The van der Waals surface area contributed by atoms with Gasteiger partial charge in [0.15, 0.2) is 0 Å². The van der Waals surface area contributed by atoms with Gasteiger partial charge in [0.25, 0.3) is 0 Å². The topological polar surface area (TPSA) is 27.7 Å². The molecule has 2 rings (SSSR count). The fourth-order valence-electron chi connectivity index (χ4n) is 1.53. The lowest BCUT2D eigenvalue weighted by Crippen LogP contribution is -2.34. The van der Waals surface area contributed by atoms with Gasteiger partial charge in [-0.2, -0.15) is 0 Å². The minimum Gasteiger partial charge on any atom is -0.501 e. The van der Waals surface area contributed by atoms with Crippen LogP contribution < -0.4 is 9.31 Å². The van der Waals surface area contributed by atoms with Crippen molar-refractivity contribution in [2.24, 2.45) is 0 Å². The summed E-state index contributed by atoms with van der Waals surface area (Å²) in [6.45, 7) is 2.63. The normalized spacial score (nSPS) is 9.95. The van der Waals surface area contributed by atoms with Crippen molar-refractivity contribution in [1.29, 1.82) is 0 Å². The first-order valence-corrected chi connectivity index (χ1v) is 6.43. The van der Waals surface area contributed by atoms with Crippen molar-refractivity contribution in [3.63, 3.8) is 0 Å². The van der Waals surface area contributed by atoms with E-state index in [4.69, 9.17) is 14.0 Å². The molecule has 0 unspecified atom stereocenters. The van der Waals surface area contributed by atoms with Gasteiger partial charge in [-0.3, -0.25) is 0 Å². The highest BCUT2D eigenvalue weighted by atomic mass is 16.7. The molecule has 2 aromatic carbocycles. The van der Waals surface area contributed by atoms with Gasteiger partial charge in [0.05, 0.1) is 0 Å². The Bertz CT molecular complexity index is 420. The molecule has 3 nitrogen and oxygen atoms in total. The lowest BCUT2D eigenvalue weighted by Gasteiger charge is -2.15. The van der Waals surface area contributed by atoms with Gasteiger partial charge in [-0.25, -0.2) is 0 Å². The summed E-state index contributed by atoms with van der Waals surface area (Å²) in [7, 11) is -0.732. The molecular weight excluding hydrogens is 239 g/mol. The molecule has 0 radical (unpaired) electrons. The number of hydrogen-bond donors (Lipinski definition) is 0. The van der Waals surface area contributed by atoms with Crippen LogP contribution in [0.1, 0.15) is 13.3 Å². The first-order chi connectivity index (χ1) is 9.38. The fourth-order valence-corrected chi connectivity index (χ4v) is 1.53. The summed E-state index contributed by atoms with van der Waals surface area (Å²) >= 11 is 0. The summed E-state index contributed by atoms with van der Waals surface area (Å²) in [4.78, 5) is 0. The molecule has 4 heteroatoms. The summed E-state index contributed by atoms with van der Waals surface area (Å²) in [6.07, 6.45) is 0.910. The average molecular weight is 256 g/mol. The van der Waals surface area contributed by atoms with Gasteiger partial charge in [0.2, 0.25) is 0 Å². The molecule has 0 aliphatic carbocycles. The molecule has 0 heterocycles. The molecule has 0 aliphatic heterocycles. The second-order valence-electron chi connectivity index (χ2n) is 4.02. The van der Waals surface area contributed by atoms with E-state index in [0.717, 1.165) is 17.9 Å². The summed E-state index contributed by atoms with van der Waals surface area (Å²) < 4.78 is 16.9. The van der Waals surface area contributed by atoms with Gasteiger partial charge in [-0.05, 0) is 30.7 Å². The van der Waals surface area contributed by atoms with Crippen molar-refractivity contribution >= 4 is 7.32 Å². The molecule has 0 bridgehead atoms. The Hall–Kier alpha value is -1.94. The maximum absolute atomic E-state index is 5.68. The first kappa shape index (κ1) is 13.5. The Balaban J connectivity index is 1.99. The summed E-state index contributed by atoms with van der Waals surface area (Å²) in [5.74, 6) is 1.44. The average Bonchev–Trinajstić information content (AvgIpc) is 2.47. The SMILES string of the molecule is CCCOB(Oc1ccccc1)Oc1ccccc1. The summed E-state index contributed by atoms with van der Waals surface area (Å²) in [5, 5.41) is 0. The quantitative estimate of drug-likeness (QED) is 0.709. The molecule has 0 spiro atoms. The van der Waals surface area contributed by atoms with Crippen molar-refractivity contribution in [2.75, 3.05) is 6.61 Å². The largest absolute Gasteiger partial charge is 0.788 e. The molecule has 0 fully saturated rings. The van der Waals surface area contributed by atoms with Gasteiger partial charge in [0.1, 0.15) is 11.5 Å². The predicted octanol–water partition coefficient (Wildman–Crippen LogP) is 3.56. The second-order valence-corrected chi connectivity index (χ2v) is 4.02. The Kier molecular flexibility index (Phi) is 5.32. The highest BCUT2D eigenvalue weighted by molar-refractivity contribution is 6.38. The van der Waals surface area contributed by atoms with Gasteiger partial charge < -0.3 is 14.0 Å². The molecule has 2 aromatic rings. The van der Waals surface area contributed by atoms with Crippen molar-refractivity contribution in [1.82, 2.24) is 0 Å². The van der Waals surface area contributed by atoms with Crippen LogP contribution in [0.3, 0.4) is 0 Å². The van der Waals surface area contributed by atoms with Crippen LogP contribution in [0.5, 0.6) is 11.5 Å². The van der Waals surface area contributed by atoms with Crippen LogP contribution in [0, 0.1) is 0 Å². The Morgan fingerprint density at radius 1 is 0.789 bits per heavy atom. The standard InChI is InChI=1S/C15H17BO3/c1-2-13-17-16(18-14-9-5-3-6-10-14)19-15-11-7-4-8-12-15/h3-12H,2,13H2,1H3. The van der Waals surface area contributed by atoms with Crippen molar-refractivity contribution < 1.29 is 14.0 Å². The number of hydrogen-bond acceptors (Lipinski definition) is 3. The van der Waals surface area contributed by atoms with E-state index in [0.29, 0.717) is 6.61 Å². The lowest BCUT2D eigenvalue weighted by molar-refractivity contribution is 0.201. The summed E-state index contributed by atoms with van der Waals surface area (Å²) in [6, 6.07) is 19.0. The molecule has 0 atom stereocenters. The van der Waals surface area contributed by atoms with E-state index in [9.17, 15) is 0 Å². The summed E-state index contributed by atoms with van der Waals surface area (Å²) in [5.41, 5.74) is 0. The van der Waals surface area contributed by atoms with Gasteiger partial charge in [-0.15, -0.1) is 0 Å². The molecular formula is C15H17BO3. The zero-order valence-corrected chi connectivity index (χ0v) is 11.0. The first-order valence-electron chi connectivity index (χ1n) is 6.43. The third kappa shape index (κ3) is 4.68. The third-order valence-corrected chi connectivity index (χ3v) is 2.41. The smallest absolute Gasteiger partial charge is 0.501 e. The van der Waals surface area contributed by atoms with Gasteiger partial charge >= 0.3 is 7.32 Å².